The number of carboxylic acids is 1. The lowest BCUT2D eigenvalue weighted by molar-refractivity contribution is -0.386. The molecule has 2 N–H and O–H groups in total. The van der Waals surface area contributed by atoms with Crippen molar-refractivity contribution in [2.75, 3.05) is 7.11 Å². The van der Waals surface area contributed by atoms with Crippen LogP contribution in [0.25, 0.3) is 10.9 Å². The number of rotatable bonds is 7. The van der Waals surface area contributed by atoms with Crippen LogP contribution in [-0.2, 0) is 4.79 Å². The number of fused-ring (bicyclic) bond motifs is 1. The van der Waals surface area contributed by atoms with Crippen molar-refractivity contribution >= 4 is 28.8 Å². The third-order valence-electron chi connectivity index (χ3n) is 4.22. The molecule has 1 unspecified atom stereocenters. The monoisotopic (exact) mass is 428 g/mol. The Labute approximate surface area is 173 Å². The molecule has 0 radical (unpaired) electrons. The number of carboxylic acid groups (broad SMARTS) is 1. The molecule has 0 saturated carbocycles. The highest BCUT2D eigenvalue weighted by Crippen LogP contribution is 2.38. The van der Waals surface area contributed by atoms with E-state index < -0.39 is 33.9 Å². The average Bonchev–Trinajstić information content (AvgIpc) is 2.73. The first-order valence-electron chi connectivity index (χ1n) is 8.77. The van der Waals surface area contributed by atoms with Crippen molar-refractivity contribution in [1.29, 1.82) is 0 Å². The fourth-order valence-electron chi connectivity index (χ4n) is 2.70. The summed E-state index contributed by atoms with van der Waals surface area (Å²) in [5, 5.41) is 24.6. The zero-order chi connectivity index (χ0) is 22.7. The first kappa shape index (κ1) is 21.2. The smallest absolute Gasteiger partial charge is 0.349 e. The summed E-state index contributed by atoms with van der Waals surface area (Å²) in [4.78, 5) is 49.0. The number of ether oxygens (including phenoxy) is 2. The van der Waals surface area contributed by atoms with Gasteiger partial charge in [0.05, 0.1) is 29.2 Å². The van der Waals surface area contributed by atoms with Crippen LogP contribution in [0, 0.1) is 10.1 Å². The van der Waals surface area contributed by atoms with Gasteiger partial charge in [0.25, 0.3) is 5.56 Å². The summed E-state index contributed by atoms with van der Waals surface area (Å²) in [5.74, 6) is -1.82. The molecule has 160 valence electrons. The van der Waals surface area contributed by atoms with Gasteiger partial charge in [-0.25, -0.2) is 9.59 Å². The van der Waals surface area contributed by atoms with Crippen LogP contribution in [0.15, 0.2) is 51.1 Å². The summed E-state index contributed by atoms with van der Waals surface area (Å²) >= 11 is 0. The molecule has 0 spiro atoms. The number of nitrogens with one attached hydrogen (secondary N) is 1. The molecular weight excluding hydrogens is 412 g/mol. The molecule has 3 aromatic rings. The summed E-state index contributed by atoms with van der Waals surface area (Å²) in [6, 6.07) is 8.71. The first-order chi connectivity index (χ1) is 14.7. The summed E-state index contributed by atoms with van der Waals surface area (Å²) in [6.45, 7) is 1.21. The Morgan fingerprint density at radius 2 is 2.03 bits per heavy atom. The predicted octanol–water partition coefficient (Wildman–Crippen LogP) is 1.34. The molecule has 0 aliphatic carbocycles. The van der Waals surface area contributed by atoms with Crippen LogP contribution in [0.5, 0.6) is 11.5 Å². The number of aromatic nitrogens is 2. The van der Waals surface area contributed by atoms with Gasteiger partial charge in [-0.1, -0.05) is 12.1 Å². The number of aromatic amines is 1. The number of H-pyrrole nitrogens is 1. The van der Waals surface area contributed by atoms with Gasteiger partial charge in [0.1, 0.15) is 0 Å². The van der Waals surface area contributed by atoms with Gasteiger partial charge in [0.15, 0.2) is 11.9 Å². The zero-order valence-corrected chi connectivity index (χ0v) is 16.3. The van der Waals surface area contributed by atoms with Crippen molar-refractivity contribution in [1.82, 2.24) is 9.66 Å². The molecule has 0 amide bonds. The van der Waals surface area contributed by atoms with Crippen molar-refractivity contribution in [2.24, 2.45) is 5.10 Å². The Balaban J connectivity index is 2.09. The number of nitro benzene ring substituents is 1. The molecule has 3 rings (SSSR count). The molecule has 12 nitrogen and oxygen atoms in total. The molecule has 1 aromatic heterocycles. The number of methoxy groups -OCH3 is 1. The Morgan fingerprint density at radius 3 is 2.68 bits per heavy atom. The maximum absolute atomic E-state index is 12.5. The van der Waals surface area contributed by atoms with E-state index in [1.54, 1.807) is 18.2 Å². The van der Waals surface area contributed by atoms with Crippen molar-refractivity contribution in [3.63, 3.8) is 0 Å². The van der Waals surface area contributed by atoms with E-state index in [1.807, 2.05) is 0 Å². The zero-order valence-electron chi connectivity index (χ0n) is 16.3. The van der Waals surface area contributed by atoms with Crippen molar-refractivity contribution in [2.45, 2.75) is 13.0 Å². The second-order valence-electron chi connectivity index (χ2n) is 6.26. The highest BCUT2D eigenvalue weighted by atomic mass is 16.6. The molecule has 0 aliphatic heterocycles. The van der Waals surface area contributed by atoms with Crippen LogP contribution in [0.1, 0.15) is 12.5 Å². The fourth-order valence-corrected chi connectivity index (χ4v) is 2.70. The van der Waals surface area contributed by atoms with Crippen LogP contribution < -0.4 is 20.7 Å². The second kappa shape index (κ2) is 8.49. The molecule has 31 heavy (non-hydrogen) atoms. The number of nitrogens with zero attached hydrogens (tertiary/aromatic N) is 3. The molecule has 0 fully saturated rings. The number of hydrogen-bond acceptors (Lipinski definition) is 8. The minimum absolute atomic E-state index is 0.110. The van der Waals surface area contributed by atoms with E-state index in [2.05, 4.69) is 10.1 Å². The molecule has 1 heterocycles. The number of para-hydroxylation sites is 1. The highest BCUT2D eigenvalue weighted by Gasteiger charge is 2.26. The van der Waals surface area contributed by atoms with Gasteiger partial charge in [-0.05, 0) is 25.1 Å². The van der Waals surface area contributed by atoms with E-state index >= 15 is 0 Å². The second-order valence-corrected chi connectivity index (χ2v) is 6.26. The van der Waals surface area contributed by atoms with Gasteiger partial charge < -0.3 is 19.6 Å². The number of aliphatic carboxylic acids is 1. The third-order valence-corrected chi connectivity index (χ3v) is 4.22. The number of nitro groups is 1. The summed E-state index contributed by atoms with van der Waals surface area (Å²) in [5.41, 5.74) is -1.59. The third kappa shape index (κ3) is 4.27. The van der Waals surface area contributed by atoms with Crippen molar-refractivity contribution in [3.8, 4) is 11.5 Å². The molecule has 2 aromatic carbocycles. The summed E-state index contributed by atoms with van der Waals surface area (Å²) < 4.78 is 10.8. The van der Waals surface area contributed by atoms with E-state index in [0.29, 0.717) is 10.2 Å². The maximum atomic E-state index is 12.5. The molecule has 0 aliphatic rings. The SMILES string of the molecule is COc1cc(C=Nn2c(=O)[nH]c3ccccc3c2=O)cc([N+](=O)[O-])c1OC(C)C(=O)O. The first-order valence-corrected chi connectivity index (χ1v) is 8.77. The molecular formula is C19H16N4O8. The van der Waals surface area contributed by atoms with Gasteiger partial charge in [-0.2, -0.15) is 5.10 Å². The van der Waals surface area contributed by atoms with Crippen molar-refractivity contribution in [3.05, 3.63) is 72.9 Å². The van der Waals surface area contributed by atoms with E-state index in [4.69, 9.17) is 14.6 Å². The number of benzene rings is 2. The largest absolute Gasteiger partial charge is 0.493 e. The molecule has 1 atom stereocenters. The molecule has 12 heteroatoms. The average molecular weight is 428 g/mol. The summed E-state index contributed by atoms with van der Waals surface area (Å²) in [7, 11) is 1.22. The van der Waals surface area contributed by atoms with Crippen molar-refractivity contribution < 1.29 is 24.3 Å². The Hall–Kier alpha value is -4.48. The number of hydrogen-bond donors (Lipinski definition) is 2. The van der Waals surface area contributed by atoms with Crippen LogP contribution in [0.3, 0.4) is 0 Å². The number of carbonyl (C=O) groups is 1. The molecule has 0 saturated heterocycles. The van der Waals surface area contributed by atoms with Crippen LogP contribution in [0.2, 0.25) is 0 Å². The van der Waals surface area contributed by atoms with Gasteiger partial charge in [-0.15, -0.1) is 4.68 Å². The Bertz CT molecular complexity index is 1320. The predicted molar refractivity (Wildman–Crippen MR) is 109 cm³/mol. The van der Waals surface area contributed by atoms with Gasteiger partial charge in [-0.3, -0.25) is 14.9 Å². The lowest BCUT2D eigenvalue weighted by Crippen LogP contribution is -2.32. The summed E-state index contributed by atoms with van der Waals surface area (Å²) in [6.07, 6.45) is -0.312. The normalized spacial score (nSPS) is 12.1. The van der Waals surface area contributed by atoms with Gasteiger partial charge >= 0.3 is 17.3 Å². The fraction of sp³-hybridized carbons (Fsp3) is 0.158. The van der Waals surface area contributed by atoms with E-state index in [0.717, 1.165) is 12.3 Å². The lowest BCUT2D eigenvalue weighted by atomic mass is 10.2. The lowest BCUT2D eigenvalue weighted by Gasteiger charge is -2.14. The van der Waals surface area contributed by atoms with Crippen LogP contribution in [-0.4, -0.2) is 45.1 Å². The Kier molecular flexibility index (Phi) is 5.81. The minimum atomic E-state index is -1.37. The van der Waals surface area contributed by atoms with E-state index in [9.17, 15) is 24.5 Å². The quantitative estimate of drug-likeness (QED) is 0.323. The minimum Gasteiger partial charge on any atom is -0.493 e. The standard InChI is InChI=1S/C19H16N4O8/c1-10(18(25)26)31-16-14(23(28)29)7-11(8-15(16)30-2)9-20-22-17(24)12-5-3-4-6-13(12)21-19(22)27/h3-10H,1-2H3,(H,21,27)(H,25,26). The highest BCUT2D eigenvalue weighted by molar-refractivity contribution is 5.84. The topological polar surface area (TPSA) is 166 Å². The maximum Gasteiger partial charge on any atom is 0.349 e. The molecule has 0 bridgehead atoms. The van der Waals surface area contributed by atoms with E-state index in [1.165, 1.54) is 26.2 Å². The van der Waals surface area contributed by atoms with Gasteiger partial charge in [0.2, 0.25) is 5.75 Å². The van der Waals surface area contributed by atoms with Crippen LogP contribution in [0.4, 0.5) is 5.69 Å². The Morgan fingerprint density at radius 1 is 1.32 bits per heavy atom. The van der Waals surface area contributed by atoms with Gasteiger partial charge in [0, 0.05) is 11.6 Å². The van der Waals surface area contributed by atoms with E-state index in [-0.39, 0.29) is 22.4 Å². The van der Waals surface area contributed by atoms with Crippen LogP contribution >= 0.6 is 0 Å².